The first-order valence-electron chi connectivity index (χ1n) is 9.00. The summed E-state index contributed by atoms with van der Waals surface area (Å²) in [7, 11) is 3.67. The molecule has 1 aliphatic rings. The molecule has 144 valence electrons. The third-order valence-electron chi connectivity index (χ3n) is 4.92. The van der Waals surface area contributed by atoms with Crippen LogP contribution < -0.4 is 10.2 Å². The zero-order chi connectivity index (χ0) is 18.5. The van der Waals surface area contributed by atoms with Gasteiger partial charge in [-0.3, -0.25) is 9.59 Å². The van der Waals surface area contributed by atoms with Crippen LogP contribution in [0, 0.1) is 0 Å². The van der Waals surface area contributed by atoms with Gasteiger partial charge in [-0.1, -0.05) is 24.3 Å². The number of likely N-dealkylation sites (tertiary alicyclic amines) is 1. The average molecular weight is 388 g/mol. The van der Waals surface area contributed by atoms with Crippen molar-refractivity contribution >= 4 is 29.9 Å². The molecule has 1 atom stereocenters. The Hall–Kier alpha value is -2.37. The number of hydrogen-bond acceptors (Lipinski definition) is 3. The van der Waals surface area contributed by atoms with Gasteiger partial charge < -0.3 is 15.1 Å². The van der Waals surface area contributed by atoms with E-state index in [-0.39, 0.29) is 24.2 Å². The van der Waals surface area contributed by atoms with Gasteiger partial charge in [0.15, 0.2) is 0 Å². The summed E-state index contributed by atoms with van der Waals surface area (Å²) in [4.78, 5) is 29.1. The standard InChI is InChI=1S/C21H25N3O2.ClH/c1-22-18-10-7-13-24(15-18)21(26)17-9-6-8-16(14-17)20(25)23(2)19-11-4-3-5-12-19;/h3-6,8-9,11-12,14,18,22H,7,10,13,15H2,1-2H3;1H. The summed E-state index contributed by atoms with van der Waals surface area (Å²) in [6.45, 7) is 1.47. The number of nitrogens with zero attached hydrogens (tertiary/aromatic N) is 2. The van der Waals surface area contributed by atoms with Crippen LogP contribution in [0.5, 0.6) is 0 Å². The number of hydrogen-bond donors (Lipinski definition) is 1. The van der Waals surface area contributed by atoms with E-state index in [1.165, 1.54) is 0 Å². The maximum atomic E-state index is 12.8. The fourth-order valence-electron chi connectivity index (χ4n) is 3.33. The third-order valence-corrected chi connectivity index (χ3v) is 4.92. The fourth-order valence-corrected chi connectivity index (χ4v) is 3.33. The van der Waals surface area contributed by atoms with Crippen LogP contribution in [0.3, 0.4) is 0 Å². The minimum absolute atomic E-state index is 0. The van der Waals surface area contributed by atoms with Crippen molar-refractivity contribution in [3.63, 3.8) is 0 Å². The number of carbonyl (C=O) groups excluding carboxylic acids is 2. The Balaban J connectivity index is 0.00000261. The van der Waals surface area contributed by atoms with Crippen LogP contribution in [0.2, 0.25) is 0 Å². The van der Waals surface area contributed by atoms with Crippen LogP contribution in [-0.2, 0) is 0 Å². The summed E-state index contributed by atoms with van der Waals surface area (Å²) in [6.07, 6.45) is 2.08. The summed E-state index contributed by atoms with van der Waals surface area (Å²) < 4.78 is 0. The lowest BCUT2D eigenvalue weighted by atomic mass is 10.0. The number of anilines is 1. The van der Waals surface area contributed by atoms with Gasteiger partial charge in [-0.15, -0.1) is 12.4 Å². The summed E-state index contributed by atoms with van der Waals surface area (Å²) in [5.74, 6) is -0.139. The van der Waals surface area contributed by atoms with E-state index in [0.29, 0.717) is 23.7 Å². The second kappa shape index (κ2) is 9.53. The number of amides is 2. The Labute approximate surface area is 166 Å². The smallest absolute Gasteiger partial charge is 0.258 e. The molecule has 1 unspecified atom stereocenters. The molecule has 0 spiro atoms. The average Bonchev–Trinajstić information content (AvgIpc) is 2.72. The van der Waals surface area contributed by atoms with Crippen molar-refractivity contribution in [2.24, 2.45) is 0 Å². The van der Waals surface area contributed by atoms with Gasteiger partial charge in [0.25, 0.3) is 11.8 Å². The number of halogens is 1. The van der Waals surface area contributed by atoms with Crippen LogP contribution in [0.4, 0.5) is 5.69 Å². The number of likely N-dealkylation sites (N-methyl/N-ethyl adjacent to an activating group) is 1. The van der Waals surface area contributed by atoms with Gasteiger partial charge in [0.1, 0.15) is 0 Å². The highest BCUT2D eigenvalue weighted by Gasteiger charge is 2.24. The Bertz CT molecular complexity index is 782. The first-order valence-corrected chi connectivity index (χ1v) is 9.00. The van der Waals surface area contributed by atoms with E-state index in [1.54, 1.807) is 36.2 Å². The molecular formula is C21H26ClN3O2. The van der Waals surface area contributed by atoms with Crippen LogP contribution in [-0.4, -0.2) is 49.9 Å². The molecule has 5 nitrogen and oxygen atoms in total. The predicted molar refractivity (Wildman–Crippen MR) is 111 cm³/mol. The molecule has 3 rings (SSSR count). The minimum Gasteiger partial charge on any atom is -0.337 e. The maximum absolute atomic E-state index is 12.8. The lowest BCUT2D eigenvalue weighted by molar-refractivity contribution is 0.0698. The highest BCUT2D eigenvalue weighted by Crippen LogP contribution is 2.18. The first-order chi connectivity index (χ1) is 12.6. The molecule has 1 fully saturated rings. The molecule has 1 aliphatic heterocycles. The van der Waals surface area contributed by atoms with E-state index in [0.717, 1.165) is 25.1 Å². The van der Waals surface area contributed by atoms with Crippen LogP contribution in [0.25, 0.3) is 0 Å². The Morgan fingerprint density at radius 2 is 1.78 bits per heavy atom. The van der Waals surface area contributed by atoms with Gasteiger partial charge in [-0.05, 0) is 50.2 Å². The second-order valence-corrected chi connectivity index (χ2v) is 6.66. The van der Waals surface area contributed by atoms with Crippen molar-refractivity contribution in [3.05, 3.63) is 65.7 Å². The van der Waals surface area contributed by atoms with Crippen molar-refractivity contribution in [1.29, 1.82) is 0 Å². The van der Waals surface area contributed by atoms with E-state index < -0.39 is 0 Å². The molecule has 27 heavy (non-hydrogen) atoms. The van der Waals surface area contributed by atoms with Gasteiger partial charge in [0, 0.05) is 43.0 Å². The number of benzene rings is 2. The molecule has 0 bridgehead atoms. The highest BCUT2D eigenvalue weighted by molar-refractivity contribution is 6.07. The summed E-state index contributed by atoms with van der Waals surface area (Å²) in [6, 6.07) is 16.8. The van der Waals surface area contributed by atoms with Crippen molar-refractivity contribution in [2.45, 2.75) is 18.9 Å². The topological polar surface area (TPSA) is 52.7 Å². The first kappa shape index (κ1) is 20.9. The van der Waals surface area contributed by atoms with E-state index in [1.807, 2.05) is 42.3 Å². The molecule has 2 aromatic carbocycles. The molecule has 2 aromatic rings. The van der Waals surface area contributed by atoms with E-state index >= 15 is 0 Å². The van der Waals surface area contributed by atoms with Crippen LogP contribution in [0.1, 0.15) is 33.6 Å². The maximum Gasteiger partial charge on any atom is 0.258 e. The molecule has 6 heteroatoms. The van der Waals surface area contributed by atoms with Crippen molar-refractivity contribution < 1.29 is 9.59 Å². The number of carbonyl (C=O) groups is 2. The quantitative estimate of drug-likeness (QED) is 0.876. The van der Waals surface area contributed by atoms with Gasteiger partial charge in [-0.25, -0.2) is 0 Å². The van der Waals surface area contributed by atoms with Crippen molar-refractivity contribution in [3.8, 4) is 0 Å². The lowest BCUT2D eigenvalue weighted by Gasteiger charge is -2.32. The van der Waals surface area contributed by atoms with Crippen molar-refractivity contribution in [2.75, 3.05) is 32.1 Å². The number of para-hydroxylation sites is 1. The molecule has 0 radical (unpaired) electrons. The molecule has 0 aliphatic carbocycles. The zero-order valence-electron chi connectivity index (χ0n) is 15.7. The molecule has 1 N–H and O–H groups in total. The third kappa shape index (κ3) is 4.87. The Morgan fingerprint density at radius 3 is 2.48 bits per heavy atom. The van der Waals surface area contributed by atoms with E-state index in [9.17, 15) is 9.59 Å². The lowest BCUT2D eigenvalue weighted by Crippen LogP contribution is -2.47. The van der Waals surface area contributed by atoms with Crippen molar-refractivity contribution in [1.82, 2.24) is 10.2 Å². The van der Waals surface area contributed by atoms with Crippen LogP contribution in [0.15, 0.2) is 54.6 Å². The van der Waals surface area contributed by atoms with Crippen LogP contribution >= 0.6 is 12.4 Å². The summed E-state index contributed by atoms with van der Waals surface area (Å²) >= 11 is 0. The summed E-state index contributed by atoms with van der Waals surface area (Å²) in [5, 5.41) is 3.25. The number of piperidine rings is 1. The predicted octanol–water partition coefficient (Wildman–Crippen LogP) is 3.21. The number of rotatable bonds is 4. The SMILES string of the molecule is CNC1CCCN(C(=O)c2cccc(C(=O)N(C)c3ccccc3)c2)C1.Cl. The molecule has 0 saturated carbocycles. The van der Waals surface area contributed by atoms with Gasteiger partial charge in [0.05, 0.1) is 0 Å². The minimum atomic E-state index is -0.127. The van der Waals surface area contributed by atoms with Gasteiger partial charge >= 0.3 is 0 Å². The van der Waals surface area contributed by atoms with E-state index in [2.05, 4.69) is 5.32 Å². The molecule has 1 saturated heterocycles. The second-order valence-electron chi connectivity index (χ2n) is 6.66. The van der Waals surface area contributed by atoms with E-state index in [4.69, 9.17) is 0 Å². The fraction of sp³-hybridized carbons (Fsp3) is 0.333. The molecule has 2 amide bonds. The normalized spacial score (nSPS) is 16.4. The van der Waals surface area contributed by atoms with Gasteiger partial charge in [-0.2, -0.15) is 0 Å². The largest absolute Gasteiger partial charge is 0.337 e. The summed E-state index contributed by atoms with van der Waals surface area (Å²) in [5.41, 5.74) is 1.90. The zero-order valence-corrected chi connectivity index (χ0v) is 16.5. The Morgan fingerprint density at radius 1 is 1.07 bits per heavy atom. The molecule has 0 aromatic heterocycles. The van der Waals surface area contributed by atoms with Gasteiger partial charge in [0.2, 0.25) is 0 Å². The molecular weight excluding hydrogens is 362 g/mol. The highest BCUT2D eigenvalue weighted by atomic mass is 35.5. The molecule has 1 heterocycles. The monoisotopic (exact) mass is 387 g/mol. The Kier molecular flexibility index (Phi) is 7.39. The number of nitrogens with one attached hydrogen (secondary N) is 1.